The molecule has 170 valence electrons. The third kappa shape index (κ3) is 5.05. The lowest BCUT2D eigenvalue weighted by Gasteiger charge is -2.20. The van der Waals surface area contributed by atoms with Gasteiger partial charge in [0.15, 0.2) is 0 Å². The third-order valence-electron chi connectivity index (χ3n) is 5.56. The van der Waals surface area contributed by atoms with Crippen LogP contribution in [0.3, 0.4) is 0 Å². The number of aromatic nitrogens is 1. The Kier molecular flexibility index (Phi) is 7.42. The second-order valence-corrected chi connectivity index (χ2v) is 9.09. The Morgan fingerprint density at radius 3 is 2.62 bits per heavy atom. The number of allylic oxidation sites excluding steroid dienone is 1. The number of fused-ring (bicyclic) bond motifs is 1. The number of rotatable bonds is 7. The summed E-state index contributed by atoms with van der Waals surface area (Å²) in [6.07, 6.45) is 1.42. The van der Waals surface area contributed by atoms with Crippen molar-refractivity contribution in [1.29, 1.82) is 0 Å². The van der Waals surface area contributed by atoms with Crippen molar-refractivity contribution in [1.82, 2.24) is 9.40 Å². The Bertz CT molecular complexity index is 1160. The fourth-order valence-corrected chi connectivity index (χ4v) is 3.98. The first kappa shape index (κ1) is 24.0. The van der Waals surface area contributed by atoms with E-state index in [-0.39, 0.29) is 30.3 Å². The van der Waals surface area contributed by atoms with Crippen LogP contribution in [0.15, 0.2) is 54.4 Å². The summed E-state index contributed by atoms with van der Waals surface area (Å²) in [7, 11) is 0. The van der Waals surface area contributed by atoms with Crippen LogP contribution in [-0.4, -0.2) is 23.7 Å². The molecule has 1 aromatic heterocycles. The van der Waals surface area contributed by atoms with E-state index in [0.717, 1.165) is 27.7 Å². The van der Waals surface area contributed by atoms with Gasteiger partial charge < -0.3 is 9.30 Å². The van der Waals surface area contributed by atoms with Gasteiger partial charge in [0, 0.05) is 28.7 Å². The number of nitrogens with one attached hydrogen (secondary N) is 1. The van der Waals surface area contributed by atoms with E-state index in [1.807, 2.05) is 29.7 Å². The third-order valence-corrected chi connectivity index (χ3v) is 5.72. The average molecular weight is 457 g/mol. The highest BCUT2D eigenvalue weighted by Crippen LogP contribution is 2.37. The van der Waals surface area contributed by atoms with Crippen molar-refractivity contribution in [3.05, 3.63) is 71.2 Å². The number of ether oxygens (including phenoxy) is 1. The second-order valence-electron chi connectivity index (χ2n) is 8.82. The van der Waals surface area contributed by atoms with Crippen LogP contribution >= 0.6 is 11.8 Å². The zero-order valence-corrected chi connectivity index (χ0v) is 20.0. The lowest BCUT2D eigenvalue weighted by molar-refractivity contribution is 0.0526. The van der Waals surface area contributed by atoms with Crippen molar-refractivity contribution in [2.24, 2.45) is 0 Å². The van der Waals surface area contributed by atoms with Crippen molar-refractivity contribution in [2.75, 3.05) is 13.2 Å². The molecule has 3 rings (SSSR count). The van der Waals surface area contributed by atoms with Gasteiger partial charge in [-0.3, -0.25) is 0 Å². The van der Waals surface area contributed by atoms with Crippen LogP contribution in [0.5, 0.6) is 0 Å². The number of carbonyl (C=O) groups excluding carboxylic acids is 1. The Hall–Kier alpha value is -2.63. The maximum absolute atomic E-state index is 14.6. The number of benzene rings is 2. The fourth-order valence-electron chi connectivity index (χ4n) is 3.90. The Balaban J connectivity index is 2.24. The quantitative estimate of drug-likeness (QED) is 0.318. The summed E-state index contributed by atoms with van der Waals surface area (Å²) < 4.78 is 21.7. The second kappa shape index (κ2) is 9.88. The number of hydrogen-bond acceptors (Lipinski definition) is 3. The van der Waals surface area contributed by atoms with E-state index in [9.17, 15) is 9.18 Å². The molecule has 4 nitrogen and oxygen atoms in total. The number of nitrogens with zero attached hydrogens (tertiary/aromatic N) is 1. The molecule has 0 aliphatic carbocycles. The molecule has 3 aromatic rings. The van der Waals surface area contributed by atoms with Gasteiger partial charge in [0.2, 0.25) is 0 Å². The van der Waals surface area contributed by atoms with Gasteiger partial charge >= 0.3 is 5.97 Å². The van der Waals surface area contributed by atoms with E-state index in [0.29, 0.717) is 12.2 Å². The van der Waals surface area contributed by atoms with E-state index >= 15 is 0 Å². The number of hydrogen-bond donors (Lipinski definition) is 1. The molecule has 0 aliphatic heterocycles. The topological polar surface area (TPSA) is 43.3 Å². The molecule has 2 aromatic carbocycles. The van der Waals surface area contributed by atoms with Crippen LogP contribution in [0.4, 0.5) is 4.39 Å². The molecular formula is C26H30ClFN2O2. The minimum Gasteiger partial charge on any atom is -0.462 e. The predicted molar refractivity (Wildman–Crippen MR) is 130 cm³/mol. The van der Waals surface area contributed by atoms with Crippen molar-refractivity contribution >= 4 is 28.6 Å². The standard InChI is InChI=1S/C26H30ClFN2O2/c1-6-32-25(31)19-10-11-23-22(15-19)24(17(2)30(23)16-21(28)12-13-29-27)18-8-7-9-20(14-18)26(3,4)5/h7-12,14-15,29H,6,13,16H2,1-5H3/b21-12-. The minimum atomic E-state index is -0.367. The summed E-state index contributed by atoms with van der Waals surface area (Å²) in [6, 6.07) is 13.8. The molecule has 32 heavy (non-hydrogen) atoms. The normalized spacial score (nSPS) is 12.4. The molecule has 0 unspecified atom stereocenters. The highest BCUT2D eigenvalue weighted by atomic mass is 35.5. The zero-order chi connectivity index (χ0) is 23.5. The highest BCUT2D eigenvalue weighted by molar-refractivity contribution is 6.13. The first-order chi connectivity index (χ1) is 15.2. The molecule has 0 atom stereocenters. The maximum Gasteiger partial charge on any atom is 0.338 e. The molecule has 1 heterocycles. The van der Waals surface area contributed by atoms with Crippen molar-refractivity contribution < 1.29 is 13.9 Å². The van der Waals surface area contributed by atoms with E-state index < -0.39 is 0 Å². The molecule has 6 heteroatoms. The highest BCUT2D eigenvalue weighted by Gasteiger charge is 2.21. The van der Waals surface area contributed by atoms with E-state index in [4.69, 9.17) is 16.5 Å². The molecule has 0 saturated carbocycles. The lowest BCUT2D eigenvalue weighted by atomic mass is 9.85. The van der Waals surface area contributed by atoms with Gasteiger partial charge in [-0.2, -0.15) is 0 Å². The SMILES string of the molecule is CCOC(=O)c1ccc2c(c1)c(-c1cccc(C(C)(C)C)c1)c(C)n2C/C(F)=C/CNCl. The molecule has 0 amide bonds. The van der Waals surface area contributed by atoms with E-state index in [2.05, 4.69) is 43.8 Å². The first-order valence-corrected chi connectivity index (χ1v) is 11.1. The summed E-state index contributed by atoms with van der Waals surface area (Å²) in [5.74, 6) is -0.656. The van der Waals surface area contributed by atoms with Crippen LogP contribution in [0.25, 0.3) is 22.0 Å². The summed E-state index contributed by atoms with van der Waals surface area (Å²) in [5.41, 5.74) is 5.47. The number of carbonyl (C=O) groups is 1. The Morgan fingerprint density at radius 2 is 1.97 bits per heavy atom. The Morgan fingerprint density at radius 1 is 1.22 bits per heavy atom. The van der Waals surface area contributed by atoms with Gasteiger partial charge in [0.25, 0.3) is 0 Å². The summed E-state index contributed by atoms with van der Waals surface area (Å²) in [4.78, 5) is 14.8. The lowest BCUT2D eigenvalue weighted by Crippen LogP contribution is -2.10. The van der Waals surface area contributed by atoms with Gasteiger partial charge in [-0.1, -0.05) is 45.0 Å². The maximum atomic E-state index is 14.6. The smallest absolute Gasteiger partial charge is 0.338 e. The summed E-state index contributed by atoms with van der Waals surface area (Å²) in [5, 5.41) is 0.891. The molecule has 0 fully saturated rings. The predicted octanol–water partition coefficient (Wildman–Crippen LogP) is 6.69. The van der Waals surface area contributed by atoms with E-state index in [1.165, 1.54) is 11.6 Å². The molecule has 0 aliphatic rings. The fraction of sp³-hybridized carbons (Fsp3) is 0.346. The molecule has 0 saturated heterocycles. The Labute approximate surface area is 194 Å². The molecule has 0 bridgehead atoms. The van der Waals surface area contributed by atoms with Crippen LogP contribution < -0.4 is 4.84 Å². The zero-order valence-electron chi connectivity index (χ0n) is 19.3. The average Bonchev–Trinajstić information content (AvgIpc) is 3.02. The van der Waals surface area contributed by atoms with Crippen LogP contribution in [0.1, 0.15) is 49.3 Å². The van der Waals surface area contributed by atoms with Crippen molar-refractivity contribution in [2.45, 2.75) is 46.6 Å². The molecular weight excluding hydrogens is 427 g/mol. The van der Waals surface area contributed by atoms with Crippen LogP contribution in [0, 0.1) is 6.92 Å². The van der Waals surface area contributed by atoms with E-state index in [1.54, 1.807) is 13.0 Å². The van der Waals surface area contributed by atoms with Gasteiger partial charge in [-0.15, -0.1) is 0 Å². The van der Waals surface area contributed by atoms with Gasteiger partial charge in [0.05, 0.1) is 18.7 Å². The van der Waals surface area contributed by atoms with Gasteiger partial charge in [-0.05, 0) is 66.4 Å². The molecule has 1 N–H and O–H groups in total. The minimum absolute atomic E-state index is 0.0121. The van der Waals surface area contributed by atoms with Crippen LogP contribution in [0.2, 0.25) is 0 Å². The van der Waals surface area contributed by atoms with Crippen LogP contribution in [-0.2, 0) is 16.7 Å². The summed E-state index contributed by atoms with van der Waals surface area (Å²) >= 11 is 5.47. The van der Waals surface area contributed by atoms with Gasteiger partial charge in [-0.25, -0.2) is 14.0 Å². The van der Waals surface area contributed by atoms with Gasteiger partial charge in [0.1, 0.15) is 5.83 Å². The number of halogens is 2. The first-order valence-electron chi connectivity index (χ1n) is 10.8. The number of esters is 1. The monoisotopic (exact) mass is 456 g/mol. The molecule has 0 spiro atoms. The molecule has 0 radical (unpaired) electrons. The largest absolute Gasteiger partial charge is 0.462 e. The summed E-state index contributed by atoms with van der Waals surface area (Å²) in [6.45, 7) is 10.9. The van der Waals surface area contributed by atoms with Crippen molar-refractivity contribution in [3.63, 3.8) is 0 Å². The van der Waals surface area contributed by atoms with Crippen molar-refractivity contribution in [3.8, 4) is 11.1 Å².